The monoisotopic (exact) mass is 278 g/mol. The third kappa shape index (κ3) is 2.53. The third-order valence-electron chi connectivity index (χ3n) is 3.25. The van der Waals surface area contributed by atoms with E-state index >= 15 is 0 Å². The molecule has 0 fully saturated rings. The summed E-state index contributed by atoms with van der Waals surface area (Å²) in [6, 6.07) is 7.41. The molecule has 104 valence electrons. The zero-order valence-corrected chi connectivity index (χ0v) is 11.5. The number of aromatic hydroxyl groups is 1. The van der Waals surface area contributed by atoms with Crippen LogP contribution in [-0.4, -0.2) is 20.1 Å². The van der Waals surface area contributed by atoms with Crippen molar-refractivity contribution in [3.63, 3.8) is 0 Å². The number of allylic oxidation sites excluding steroid dienone is 1. The maximum absolute atomic E-state index is 9.52. The second-order valence-corrected chi connectivity index (χ2v) is 4.74. The number of hydrogen-bond donors (Lipinski definition) is 2. The molecule has 1 aromatic carbocycles. The summed E-state index contributed by atoms with van der Waals surface area (Å²) in [6.07, 6.45) is 6.32. The van der Waals surface area contributed by atoms with Crippen LogP contribution < -0.4 is 5.73 Å². The van der Waals surface area contributed by atoms with Gasteiger partial charge < -0.3 is 10.8 Å². The summed E-state index contributed by atoms with van der Waals surface area (Å²) < 4.78 is 0. The van der Waals surface area contributed by atoms with Gasteiger partial charge in [-0.2, -0.15) is 0 Å². The van der Waals surface area contributed by atoms with Crippen molar-refractivity contribution in [2.24, 2.45) is 5.73 Å². The quantitative estimate of drug-likeness (QED) is 0.752. The minimum Gasteiger partial charge on any atom is -0.506 e. The zero-order chi connectivity index (χ0) is 14.8. The SMILES string of the molecule is C/C(=C\N)c1cnc2ccc(-c3cncc(O)c3)cc2n1. The molecule has 5 heteroatoms. The number of hydrogen-bond acceptors (Lipinski definition) is 5. The fourth-order valence-electron chi connectivity index (χ4n) is 2.05. The number of pyridine rings is 1. The van der Waals surface area contributed by atoms with Crippen LogP contribution in [0, 0.1) is 0 Å². The van der Waals surface area contributed by atoms with E-state index in [0.29, 0.717) is 0 Å². The van der Waals surface area contributed by atoms with Gasteiger partial charge in [-0.25, -0.2) is 4.98 Å². The van der Waals surface area contributed by atoms with Crippen LogP contribution in [0.25, 0.3) is 27.7 Å². The van der Waals surface area contributed by atoms with Gasteiger partial charge in [-0.15, -0.1) is 0 Å². The molecule has 0 radical (unpaired) electrons. The van der Waals surface area contributed by atoms with Crippen LogP contribution >= 0.6 is 0 Å². The third-order valence-corrected chi connectivity index (χ3v) is 3.25. The van der Waals surface area contributed by atoms with E-state index in [1.54, 1.807) is 18.5 Å². The molecule has 0 aliphatic carbocycles. The first-order chi connectivity index (χ1) is 10.2. The predicted octanol–water partition coefficient (Wildman–Crippen LogP) is 2.72. The van der Waals surface area contributed by atoms with E-state index in [9.17, 15) is 5.11 Å². The van der Waals surface area contributed by atoms with Crippen molar-refractivity contribution in [1.29, 1.82) is 0 Å². The van der Waals surface area contributed by atoms with Crippen molar-refractivity contribution in [1.82, 2.24) is 15.0 Å². The highest BCUT2D eigenvalue weighted by atomic mass is 16.3. The standard InChI is InChI=1S/C16H14N4O/c1-10(6-17)16-9-19-14-3-2-11(5-15(14)20-16)12-4-13(21)8-18-7-12/h2-9,21H,17H2,1H3/b10-6+. The van der Waals surface area contributed by atoms with Crippen molar-refractivity contribution >= 4 is 16.6 Å². The molecule has 3 rings (SSSR count). The Morgan fingerprint density at radius 2 is 1.95 bits per heavy atom. The Morgan fingerprint density at radius 1 is 1.10 bits per heavy atom. The number of fused-ring (bicyclic) bond motifs is 1. The molecule has 3 aromatic rings. The topological polar surface area (TPSA) is 84.9 Å². The van der Waals surface area contributed by atoms with Crippen molar-refractivity contribution in [2.45, 2.75) is 6.92 Å². The van der Waals surface area contributed by atoms with E-state index in [-0.39, 0.29) is 5.75 Å². The molecule has 0 saturated carbocycles. The smallest absolute Gasteiger partial charge is 0.134 e. The molecule has 0 amide bonds. The lowest BCUT2D eigenvalue weighted by molar-refractivity contribution is 0.473. The van der Waals surface area contributed by atoms with Crippen molar-refractivity contribution in [3.8, 4) is 16.9 Å². The maximum atomic E-state index is 9.52. The molecule has 2 heterocycles. The molecule has 0 atom stereocenters. The summed E-state index contributed by atoms with van der Waals surface area (Å²) in [5.74, 6) is 0.134. The van der Waals surface area contributed by atoms with Crippen LogP contribution in [-0.2, 0) is 0 Å². The molecule has 0 unspecified atom stereocenters. The number of aromatic nitrogens is 3. The van der Waals surface area contributed by atoms with Crippen molar-refractivity contribution in [2.75, 3.05) is 0 Å². The van der Waals surface area contributed by atoms with E-state index in [1.807, 2.05) is 25.1 Å². The Hall–Kier alpha value is -2.95. The van der Waals surface area contributed by atoms with Crippen LogP contribution in [0.4, 0.5) is 0 Å². The highest BCUT2D eigenvalue weighted by Crippen LogP contribution is 2.25. The van der Waals surface area contributed by atoms with E-state index in [1.165, 1.54) is 12.4 Å². The van der Waals surface area contributed by atoms with Gasteiger partial charge in [0.25, 0.3) is 0 Å². The summed E-state index contributed by atoms with van der Waals surface area (Å²) in [5, 5.41) is 9.52. The van der Waals surface area contributed by atoms with Gasteiger partial charge in [0.1, 0.15) is 5.75 Å². The Morgan fingerprint density at radius 3 is 2.71 bits per heavy atom. The predicted molar refractivity (Wildman–Crippen MR) is 82.3 cm³/mol. The molecular weight excluding hydrogens is 264 g/mol. The van der Waals surface area contributed by atoms with Crippen LogP contribution in [0.1, 0.15) is 12.6 Å². The first-order valence-corrected chi connectivity index (χ1v) is 6.47. The first kappa shape index (κ1) is 13.1. The largest absolute Gasteiger partial charge is 0.506 e. The fraction of sp³-hybridized carbons (Fsp3) is 0.0625. The number of nitrogens with two attached hydrogens (primary N) is 1. The lowest BCUT2D eigenvalue weighted by Crippen LogP contribution is -1.93. The Kier molecular flexibility index (Phi) is 3.23. The highest BCUT2D eigenvalue weighted by Gasteiger charge is 2.05. The number of nitrogens with zero attached hydrogens (tertiary/aromatic N) is 3. The van der Waals surface area contributed by atoms with Gasteiger partial charge in [0.15, 0.2) is 0 Å². The summed E-state index contributed by atoms with van der Waals surface area (Å²) in [5.41, 5.74) is 10.5. The Labute approximate surface area is 121 Å². The highest BCUT2D eigenvalue weighted by molar-refractivity contribution is 5.82. The Balaban J connectivity index is 2.14. The summed E-state index contributed by atoms with van der Waals surface area (Å²) in [4.78, 5) is 12.9. The summed E-state index contributed by atoms with van der Waals surface area (Å²) in [6.45, 7) is 1.89. The molecule has 0 spiro atoms. The van der Waals surface area contributed by atoms with Crippen LogP contribution in [0.2, 0.25) is 0 Å². The van der Waals surface area contributed by atoms with E-state index in [4.69, 9.17) is 5.73 Å². The summed E-state index contributed by atoms with van der Waals surface area (Å²) in [7, 11) is 0. The minimum absolute atomic E-state index is 0.134. The Bertz CT molecular complexity index is 843. The van der Waals surface area contributed by atoms with E-state index in [2.05, 4.69) is 15.0 Å². The lowest BCUT2D eigenvalue weighted by atomic mass is 10.1. The van der Waals surface area contributed by atoms with Crippen LogP contribution in [0.5, 0.6) is 5.75 Å². The number of benzene rings is 1. The molecule has 0 aliphatic rings. The number of rotatable bonds is 2. The normalized spacial score (nSPS) is 11.8. The van der Waals surface area contributed by atoms with Gasteiger partial charge in [0, 0.05) is 11.8 Å². The van der Waals surface area contributed by atoms with Gasteiger partial charge >= 0.3 is 0 Å². The molecule has 0 saturated heterocycles. The molecule has 3 N–H and O–H groups in total. The maximum Gasteiger partial charge on any atom is 0.134 e. The average Bonchev–Trinajstić information content (AvgIpc) is 2.53. The first-order valence-electron chi connectivity index (χ1n) is 6.47. The van der Waals surface area contributed by atoms with E-state index < -0.39 is 0 Å². The van der Waals surface area contributed by atoms with Gasteiger partial charge in [0.05, 0.1) is 29.1 Å². The molecule has 21 heavy (non-hydrogen) atoms. The molecule has 0 aliphatic heterocycles. The second-order valence-electron chi connectivity index (χ2n) is 4.74. The van der Waals surface area contributed by atoms with Crippen LogP contribution in [0.15, 0.2) is 49.1 Å². The van der Waals surface area contributed by atoms with Gasteiger partial charge in [-0.1, -0.05) is 6.07 Å². The van der Waals surface area contributed by atoms with Gasteiger partial charge in [-0.05, 0) is 42.5 Å². The fourth-order valence-corrected chi connectivity index (χ4v) is 2.05. The molecule has 0 bridgehead atoms. The van der Waals surface area contributed by atoms with Crippen LogP contribution in [0.3, 0.4) is 0 Å². The van der Waals surface area contributed by atoms with Gasteiger partial charge in [-0.3, -0.25) is 9.97 Å². The lowest BCUT2D eigenvalue weighted by Gasteiger charge is -2.05. The van der Waals surface area contributed by atoms with Gasteiger partial charge in [0.2, 0.25) is 0 Å². The zero-order valence-electron chi connectivity index (χ0n) is 11.5. The van der Waals surface area contributed by atoms with E-state index in [0.717, 1.165) is 33.4 Å². The van der Waals surface area contributed by atoms with Crippen molar-refractivity contribution in [3.05, 3.63) is 54.7 Å². The van der Waals surface area contributed by atoms with Crippen molar-refractivity contribution < 1.29 is 5.11 Å². The molecule has 2 aromatic heterocycles. The average molecular weight is 278 g/mol. The molecular formula is C16H14N4O. The summed E-state index contributed by atoms with van der Waals surface area (Å²) >= 11 is 0. The minimum atomic E-state index is 0.134. The molecule has 5 nitrogen and oxygen atoms in total. The second kappa shape index (κ2) is 5.20.